The monoisotopic (exact) mass is 300 g/mol. The van der Waals surface area contributed by atoms with Gasteiger partial charge >= 0.3 is 0 Å². The molecule has 2 heterocycles. The molecule has 0 saturated carbocycles. The summed E-state index contributed by atoms with van der Waals surface area (Å²) in [6, 6.07) is 5.20. The number of aromatic hydroxyl groups is 1. The number of ether oxygens (including phenoxy) is 1. The molecule has 0 unspecified atom stereocenters. The van der Waals surface area contributed by atoms with Crippen LogP contribution in [0.1, 0.15) is 45.9 Å². The summed E-state index contributed by atoms with van der Waals surface area (Å²) < 4.78 is 12.1. The Labute approximate surface area is 131 Å². The third kappa shape index (κ3) is 2.20. The van der Waals surface area contributed by atoms with Gasteiger partial charge in [-0.05, 0) is 36.1 Å². The highest BCUT2D eigenvalue weighted by molar-refractivity contribution is 5.87. The van der Waals surface area contributed by atoms with Gasteiger partial charge in [-0.3, -0.25) is 0 Å². The van der Waals surface area contributed by atoms with Crippen molar-refractivity contribution in [2.45, 2.75) is 41.5 Å². The van der Waals surface area contributed by atoms with Crippen molar-refractivity contribution >= 4 is 16.7 Å². The Morgan fingerprint density at radius 3 is 2.50 bits per heavy atom. The van der Waals surface area contributed by atoms with E-state index >= 15 is 0 Å². The predicted octanol–water partition coefficient (Wildman–Crippen LogP) is 5.26. The molecule has 0 amide bonds. The van der Waals surface area contributed by atoms with Gasteiger partial charge in [-0.15, -0.1) is 0 Å². The molecule has 2 aromatic rings. The average molecular weight is 300 g/mol. The third-order valence-corrected chi connectivity index (χ3v) is 4.36. The van der Waals surface area contributed by atoms with Crippen LogP contribution in [-0.2, 0) is 4.74 Å². The lowest BCUT2D eigenvalue weighted by atomic mass is 9.71. The Morgan fingerprint density at radius 1 is 1.18 bits per heavy atom. The smallest absolute Gasteiger partial charge is 0.172 e. The third-order valence-electron chi connectivity index (χ3n) is 4.36. The van der Waals surface area contributed by atoms with Crippen LogP contribution in [0.5, 0.6) is 5.75 Å². The first-order valence-electron chi connectivity index (χ1n) is 7.72. The quantitative estimate of drug-likeness (QED) is 0.781. The number of benzene rings is 1. The molecule has 118 valence electrons. The van der Waals surface area contributed by atoms with Crippen LogP contribution in [0.2, 0.25) is 0 Å². The van der Waals surface area contributed by atoms with Crippen LogP contribution in [0.25, 0.3) is 16.7 Å². The SMILES string of the molecule is Cc1c(C2=C(C(C)(C)C)C(C)(C)CO2)oc2ccc(O)cc12. The molecule has 0 saturated heterocycles. The van der Waals surface area contributed by atoms with Crippen molar-refractivity contribution in [2.75, 3.05) is 6.61 Å². The van der Waals surface area contributed by atoms with Crippen molar-refractivity contribution in [3.05, 3.63) is 35.1 Å². The summed E-state index contributed by atoms with van der Waals surface area (Å²) in [5.74, 6) is 1.91. The van der Waals surface area contributed by atoms with Crippen LogP contribution in [0.4, 0.5) is 0 Å². The maximum atomic E-state index is 9.71. The number of rotatable bonds is 1. The molecule has 0 spiro atoms. The molecule has 3 nitrogen and oxygen atoms in total. The molecule has 0 bridgehead atoms. The van der Waals surface area contributed by atoms with Crippen LogP contribution in [0.3, 0.4) is 0 Å². The van der Waals surface area contributed by atoms with Crippen molar-refractivity contribution in [2.24, 2.45) is 10.8 Å². The molecule has 1 aromatic heterocycles. The molecule has 0 atom stereocenters. The molecule has 1 aliphatic rings. The maximum absolute atomic E-state index is 9.71. The fourth-order valence-electron chi connectivity index (χ4n) is 3.66. The van der Waals surface area contributed by atoms with Crippen molar-refractivity contribution < 1.29 is 14.3 Å². The lowest BCUT2D eigenvalue weighted by molar-refractivity contribution is 0.210. The molecule has 0 aliphatic carbocycles. The molecule has 1 aliphatic heterocycles. The Morgan fingerprint density at radius 2 is 1.86 bits per heavy atom. The van der Waals surface area contributed by atoms with E-state index in [1.165, 1.54) is 5.57 Å². The van der Waals surface area contributed by atoms with E-state index in [2.05, 4.69) is 34.6 Å². The number of phenolic OH excluding ortho intramolecular Hbond substituents is 1. The lowest BCUT2D eigenvalue weighted by Crippen LogP contribution is -2.24. The number of aryl methyl sites for hydroxylation is 1. The highest BCUT2D eigenvalue weighted by atomic mass is 16.5. The summed E-state index contributed by atoms with van der Waals surface area (Å²) in [7, 11) is 0. The number of phenols is 1. The van der Waals surface area contributed by atoms with E-state index in [0.717, 1.165) is 28.1 Å². The van der Waals surface area contributed by atoms with Crippen molar-refractivity contribution in [1.29, 1.82) is 0 Å². The maximum Gasteiger partial charge on any atom is 0.172 e. The molecular formula is C19H24O3. The molecule has 0 fully saturated rings. The minimum absolute atomic E-state index is 0.00286. The second-order valence-corrected chi connectivity index (χ2v) is 7.86. The van der Waals surface area contributed by atoms with E-state index < -0.39 is 0 Å². The minimum Gasteiger partial charge on any atom is -0.508 e. The van der Waals surface area contributed by atoms with Crippen LogP contribution in [0, 0.1) is 17.8 Å². The standard InChI is InChI=1S/C19H24O3/c1-11-13-9-12(20)7-8-14(13)22-15(11)16-17(18(2,3)4)19(5,6)10-21-16/h7-9,20H,10H2,1-6H3. The molecule has 22 heavy (non-hydrogen) atoms. The second kappa shape index (κ2) is 4.55. The van der Waals surface area contributed by atoms with Gasteiger partial charge < -0.3 is 14.3 Å². The largest absolute Gasteiger partial charge is 0.508 e. The Hall–Kier alpha value is -1.90. The summed E-state index contributed by atoms with van der Waals surface area (Å²) in [6.07, 6.45) is 0. The highest BCUT2D eigenvalue weighted by Crippen LogP contribution is 2.50. The molecular weight excluding hydrogens is 276 g/mol. The fraction of sp³-hybridized carbons (Fsp3) is 0.474. The zero-order valence-electron chi connectivity index (χ0n) is 14.2. The average Bonchev–Trinajstić information content (AvgIpc) is 2.87. The molecule has 0 radical (unpaired) electrons. The lowest BCUT2D eigenvalue weighted by Gasteiger charge is -2.30. The first-order valence-corrected chi connectivity index (χ1v) is 7.72. The fourth-order valence-corrected chi connectivity index (χ4v) is 3.66. The molecule has 3 heteroatoms. The normalized spacial score (nSPS) is 18.1. The second-order valence-electron chi connectivity index (χ2n) is 7.86. The number of hydrogen-bond acceptors (Lipinski definition) is 3. The Kier molecular flexibility index (Phi) is 3.10. The van der Waals surface area contributed by atoms with Gasteiger partial charge in [0.25, 0.3) is 0 Å². The van der Waals surface area contributed by atoms with Gasteiger partial charge in [-0.1, -0.05) is 34.6 Å². The van der Waals surface area contributed by atoms with Gasteiger partial charge in [-0.2, -0.15) is 0 Å². The summed E-state index contributed by atoms with van der Waals surface area (Å²) in [6.45, 7) is 13.7. The summed E-state index contributed by atoms with van der Waals surface area (Å²) in [4.78, 5) is 0. The van der Waals surface area contributed by atoms with Gasteiger partial charge in [0, 0.05) is 16.4 Å². The molecule has 1 N–H and O–H groups in total. The van der Waals surface area contributed by atoms with E-state index in [-0.39, 0.29) is 16.6 Å². The van der Waals surface area contributed by atoms with Crippen LogP contribution < -0.4 is 0 Å². The van der Waals surface area contributed by atoms with Crippen molar-refractivity contribution in [3.63, 3.8) is 0 Å². The zero-order chi connectivity index (χ0) is 16.3. The van der Waals surface area contributed by atoms with E-state index in [4.69, 9.17) is 9.15 Å². The Balaban J connectivity index is 2.28. The highest BCUT2D eigenvalue weighted by Gasteiger charge is 2.42. The van der Waals surface area contributed by atoms with Crippen molar-refractivity contribution in [3.8, 4) is 5.75 Å². The Bertz CT molecular complexity index is 770. The van der Waals surface area contributed by atoms with Gasteiger partial charge in [0.15, 0.2) is 11.5 Å². The minimum atomic E-state index is -0.0128. The van der Waals surface area contributed by atoms with Crippen LogP contribution in [-0.4, -0.2) is 11.7 Å². The van der Waals surface area contributed by atoms with Crippen LogP contribution in [0.15, 0.2) is 28.2 Å². The van der Waals surface area contributed by atoms with Crippen molar-refractivity contribution in [1.82, 2.24) is 0 Å². The summed E-state index contributed by atoms with van der Waals surface area (Å²) in [5.41, 5.74) is 3.07. The van der Waals surface area contributed by atoms with E-state index in [1.807, 2.05) is 6.92 Å². The molecule has 1 aromatic carbocycles. The van der Waals surface area contributed by atoms with Gasteiger partial charge in [0.2, 0.25) is 0 Å². The number of furan rings is 1. The van der Waals surface area contributed by atoms with Gasteiger partial charge in [-0.25, -0.2) is 0 Å². The van der Waals surface area contributed by atoms with E-state index in [0.29, 0.717) is 6.61 Å². The van der Waals surface area contributed by atoms with Gasteiger partial charge in [0.05, 0.1) is 6.61 Å². The van der Waals surface area contributed by atoms with E-state index in [9.17, 15) is 5.11 Å². The topological polar surface area (TPSA) is 42.6 Å². The first-order chi connectivity index (χ1) is 10.1. The summed E-state index contributed by atoms with van der Waals surface area (Å²) >= 11 is 0. The van der Waals surface area contributed by atoms with E-state index in [1.54, 1.807) is 18.2 Å². The molecule has 3 rings (SSSR count). The number of fused-ring (bicyclic) bond motifs is 1. The number of hydrogen-bond donors (Lipinski definition) is 1. The zero-order valence-corrected chi connectivity index (χ0v) is 14.2. The first kappa shape index (κ1) is 15.0. The van der Waals surface area contributed by atoms with Gasteiger partial charge in [0.1, 0.15) is 11.3 Å². The predicted molar refractivity (Wildman–Crippen MR) is 88.7 cm³/mol. The summed E-state index contributed by atoms with van der Waals surface area (Å²) in [5, 5.41) is 10.6. The van der Waals surface area contributed by atoms with Crippen LogP contribution >= 0.6 is 0 Å².